The van der Waals surface area contributed by atoms with Crippen LogP contribution < -0.4 is 21.1 Å². The Bertz CT molecular complexity index is 720. The Morgan fingerprint density at radius 2 is 1.38 bits per heavy atom. The Morgan fingerprint density at radius 1 is 0.917 bits per heavy atom. The first-order valence-corrected chi connectivity index (χ1v) is 7.69. The number of nitrogens with one attached hydrogen (secondary N) is 3. The normalized spacial score (nSPS) is 9.58. The van der Waals surface area contributed by atoms with Crippen molar-refractivity contribution in [3.8, 4) is 0 Å². The third-order valence-corrected chi connectivity index (χ3v) is 4.18. The Morgan fingerprint density at radius 3 is 1.79 bits per heavy atom. The van der Waals surface area contributed by atoms with Gasteiger partial charge in [0.15, 0.2) is 0 Å². The van der Waals surface area contributed by atoms with E-state index < -0.39 is 10.0 Å². The molecule has 24 heavy (non-hydrogen) atoms. The Labute approximate surface area is 160 Å². The number of sulfonamides is 1. The molecule has 0 aliphatic carbocycles. The molecule has 0 atom stereocenters. The second kappa shape index (κ2) is 10.3. The van der Waals surface area contributed by atoms with Crippen LogP contribution in [0.5, 0.6) is 0 Å². The lowest BCUT2D eigenvalue weighted by Crippen LogP contribution is -2.13. The molecular formula is C13H20Cl3N5O2S. The van der Waals surface area contributed by atoms with Gasteiger partial charge in [-0.3, -0.25) is 4.72 Å². The van der Waals surface area contributed by atoms with Crippen molar-refractivity contribution >= 4 is 70.3 Å². The first-order valence-electron chi connectivity index (χ1n) is 6.20. The highest BCUT2D eigenvalue weighted by atomic mass is 35.5. The molecule has 0 fully saturated rings. The highest BCUT2D eigenvalue weighted by Crippen LogP contribution is 2.22. The minimum atomic E-state index is -3.67. The van der Waals surface area contributed by atoms with Gasteiger partial charge in [-0.25, -0.2) is 13.4 Å². The van der Waals surface area contributed by atoms with Crippen LogP contribution in [0.1, 0.15) is 0 Å². The summed E-state index contributed by atoms with van der Waals surface area (Å²) < 4.78 is 27.1. The molecule has 0 bridgehead atoms. The monoisotopic (exact) mass is 415 g/mol. The van der Waals surface area contributed by atoms with E-state index in [9.17, 15) is 8.42 Å². The zero-order chi connectivity index (χ0) is 15.5. The number of nitrogen functional groups attached to an aromatic ring is 1. The van der Waals surface area contributed by atoms with Gasteiger partial charge in [-0.15, -0.1) is 37.2 Å². The molecule has 5 N–H and O–H groups in total. The SMILES string of the molecule is CNc1cc(NS(=O)(=O)c2ccc(N)cc2)cc(NC)n1.Cl.Cl.Cl. The van der Waals surface area contributed by atoms with Gasteiger partial charge in [0, 0.05) is 31.9 Å². The molecule has 136 valence electrons. The van der Waals surface area contributed by atoms with Crippen LogP contribution in [0.3, 0.4) is 0 Å². The molecule has 7 nitrogen and oxygen atoms in total. The lowest BCUT2D eigenvalue weighted by molar-refractivity contribution is 0.601. The topological polar surface area (TPSA) is 109 Å². The van der Waals surface area contributed by atoms with Gasteiger partial charge in [0.25, 0.3) is 10.0 Å². The fourth-order valence-electron chi connectivity index (χ4n) is 1.71. The molecule has 0 aliphatic heterocycles. The fraction of sp³-hybridized carbons (Fsp3) is 0.154. The van der Waals surface area contributed by atoms with E-state index in [1.807, 2.05) is 0 Å². The van der Waals surface area contributed by atoms with Crippen molar-refractivity contribution < 1.29 is 8.42 Å². The quantitative estimate of drug-likeness (QED) is 0.558. The number of hydrogen-bond donors (Lipinski definition) is 4. The molecule has 1 aromatic heterocycles. The molecule has 0 saturated heterocycles. The van der Waals surface area contributed by atoms with E-state index in [0.29, 0.717) is 23.0 Å². The lowest BCUT2D eigenvalue weighted by Gasteiger charge is -2.11. The van der Waals surface area contributed by atoms with E-state index >= 15 is 0 Å². The van der Waals surface area contributed by atoms with Crippen molar-refractivity contribution in [3.63, 3.8) is 0 Å². The molecule has 11 heteroatoms. The van der Waals surface area contributed by atoms with Gasteiger partial charge in [0.1, 0.15) is 11.6 Å². The van der Waals surface area contributed by atoms with Crippen LogP contribution in [0.2, 0.25) is 0 Å². The van der Waals surface area contributed by atoms with Crippen molar-refractivity contribution in [2.24, 2.45) is 0 Å². The number of nitrogens with two attached hydrogens (primary N) is 1. The van der Waals surface area contributed by atoms with Crippen molar-refractivity contribution in [2.45, 2.75) is 4.90 Å². The summed E-state index contributed by atoms with van der Waals surface area (Å²) in [4.78, 5) is 4.36. The number of rotatable bonds is 5. The number of aromatic nitrogens is 1. The Kier molecular flexibility index (Phi) is 10.6. The third kappa shape index (κ3) is 6.12. The summed E-state index contributed by atoms with van der Waals surface area (Å²) >= 11 is 0. The third-order valence-electron chi connectivity index (χ3n) is 2.78. The molecule has 2 rings (SSSR count). The standard InChI is InChI=1S/C13H17N5O2S.3ClH/c1-15-12-7-10(8-13(16-2)17-12)18-21(19,20)11-5-3-9(14)4-6-11;;;/h3-8H,14H2,1-2H3,(H3,15,16,17,18);3*1H. The molecule has 0 amide bonds. The maximum Gasteiger partial charge on any atom is 0.261 e. The minimum Gasteiger partial charge on any atom is -0.399 e. The summed E-state index contributed by atoms with van der Waals surface area (Å²) in [5.74, 6) is 1.11. The first kappa shape index (κ1) is 24.6. The average molecular weight is 417 g/mol. The highest BCUT2D eigenvalue weighted by molar-refractivity contribution is 7.92. The summed E-state index contributed by atoms with van der Waals surface area (Å²) in [5, 5.41) is 5.75. The number of hydrogen-bond acceptors (Lipinski definition) is 6. The molecule has 0 spiro atoms. The minimum absolute atomic E-state index is 0. The molecule has 0 saturated carbocycles. The summed E-state index contributed by atoms with van der Waals surface area (Å²) in [6, 6.07) is 9.21. The second-order valence-electron chi connectivity index (χ2n) is 4.30. The second-order valence-corrected chi connectivity index (χ2v) is 5.98. The van der Waals surface area contributed by atoms with Crippen molar-refractivity contribution in [2.75, 3.05) is 35.2 Å². The van der Waals surface area contributed by atoms with Crippen LogP contribution in [-0.2, 0) is 10.0 Å². The number of pyridine rings is 1. The predicted octanol–water partition coefficient (Wildman–Crippen LogP) is 2.81. The van der Waals surface area contributed by atoms with Crippen LogP contribution in [-0.4, -0.2) is 27.5 Å². The summed E-state index contributed by atoms with van der Waals surface area (Å²) in [5.41, 5.74) is 6.48. The van der Waals surface area contributed by atoms with Crippen molar-refractivity contribution in [3.05, 3.63) is 36.4 Å². The van der Waals surface area contributed by atoms with Crippen molar-refractivity contribution in [1.82, 2.24) is 4.98 Å². The first-order chi connectivity index (χ1) is 9.94. The van der Waals surface area contributed by atoms with E-state index in [0.717, 1.165) is 0 Å². The van der Waals surface area contributed by atoms with Gasteiger partial charge in [0.2, 0.25) is 0 Å². The molecule has 2 aromatic rings. The van der Waals surface area contributed by atoms with E-state index in [1.165, 1.54) is 12.1 Å². The number of nitrogens with zero attached hydrogens (tertiary/aromatic N) is 1. The largest absolute Gasteiger partial charge is 0.399 e. The zero-order valence-corrected chi connectivity index (χ0v) is 16.2. The number of anilines is 4. The van der Waals surface area contributed by atoms with Crippen molar-refractivity contribution in [1.29, 1.82) is 0 Å². The molecule has 0 aliphatic rings. The predicted molar refractivity (Wildman–Crippen MR) is 107 cm³/mol. The van der Waals surface area contributed by atoms with Crippen LogP contribution in [0.4, 0.5) is 23.0 Å². The maximum absolute atomic E-state index is 12.3. The number of halogens is 3. The summed E-state index contributed by atoms with van der Waals surface area (Å²) in [7, 11) is -0.252. The summed E-state index contributed by atoms with van der Waals surface area (Å²) in [6.45, 7) is 0. The molecule has 1 aromatic carbocycles. The van der Waals surface area contributed by atoms with E-state index in [1.54, 1.807) is 38.4 Å². The fourth-order valence-corrected chi connectivity index (χ4v) is 2.75. The molecule has 1 heterocycles. The average Bonchev–Trinajstić information content (AvgIpc) is 2.46. The molecular weight excluding hydrogens is 397 g/mol. The van der Waals surface area contributed by atoms with E-state index in [2.05, 4.69) is 20.3 Å². The van der Waals surface area contributed by atoms with Crippen LogP contribution in [0.15, 0.2) is 41.3 Å². The highest BCUT2D eigenvalue weighted by Gasteiger charge is 2.14. The van der Waals surface area contributed by atoms with Gasteiger partial charge >= 0.3 is 0 Å². The molecule has 0 unspecified atom stereocenters. The Hall–Kier alpha value is -1.61. The zero-order valence-electron chi connectivity index (χ0n) is 12.9. The van der Waals surface area contributed by atoms with Crippen LogP contribution >= 0.6 is 37.2 Å². The van der Waals surface area contributed by atoms with Gasteiger partial charge in [-0.1, -0.05) is 0 Å². The van der Waals surface area contributed by atoms with E-state index in [-0.39, 0.29) is 42.1 Å². The van der Waals surface area contributed by atoms with E-state index in [4.69, 9.17) is 5.73 Å². The lowest BCUT2D eigenvalue weighted by atomic mass is 10.3. The number of benzene rings is 1. The molecule has 0 radical (unpaired) electrons. The van der Waals surface area contributed by atoms with Crippen LogP contribution in [0, 0.1) is 0 Å². The smallest absolute Gasteiger partial charge is 0.261 e. The van der Waals surface area contributed by atoms with Crippen LogP contribution in [0.25, 0.3) is 0 Å². The maximum atomic E-state index is 12.3. The van der Waals surface area contributed by atoms with Gasteiger partial charge < -0.3 is 16.4 Å². The van der Waals surface area contributed by atoms with Gasteiger partial charge in [0.05, 0.1) is 10.6 Å². The Balaban J connectivity index is 0. The summed E-state index contributed by atoms with van der Waals surface area (Å²) in [6.07, 6.45) is 0. The van der Waals surface area contributed by atoms with Gasteiger partial charge in [-0.2, -0.15) is 0 Å². The van der Waals surface area contributed by atoms with Gasteiger partial charge in [-0.05, 0) is 24.3 Å².